The smallest absolute Gasteiger partial charge is 0.265 e. The van der Waals surface area contributed by atoms with Crippen LogP contribution in [0.15, 0.2) is 30.6 Å². The van der Waals surface area contributed by atoms with Crippen molar-refractivity contribution in [3.63, 3.8) is 0 Å². The summed E-state index contributed by atoms with van der Waals surface area (Å²) in [6.45, 7) is 91.2. The molecule has 10 unspecified atom stereocenters. The van der Waals surface area contributed by atoms with Crippen LogP contribution in [0.25, 0.3) is 0 Å². The Bertz CT molecular complexity index is 3510. The minimum Gasteiger partial charge on any atom is -0.347 e. The molecule has 10 atom stereocenters. The van der Waals surface area contributed by atoms with Crippen molar-refractivity contribution in [1.82, 2.24) is 79.6 Å². The number of nitrogens with zero attached hydrogens (tertiary/aromatic N) is 14. The van der Waals surface area contributed by atoms with E-state index >= 15 is 0 Å². The summed E-state index contributed by atoms with van der Waals surface area (Å²) in [7, 11) is 0. The molecule has 0 radical (unpaired) electrons. The van der Waals surface area contributed by atoms with Crippen molar-refractivity contribution in [2.45, 2.75) is 483 Å². The molecule has 5 spiro atoms. The Morgan fingerprint density at radius 3 is 1.11 bits per heavy atom. The molecule has 22 aliphatic rings. The number of fused-ring (bicyclic) bond motifs is 9. The second-order valence-corrected chi connectivity index (χ2v) is 52.1. The average molecular weight is 1930 g/mol. The van der Waals surface area contributed by atoms with Crippen LogP contribution in [0.2, 0.25) is 0 Å². The zero-order valence-electron chi connectivity index (χ0n) is 93.2. The van der Waals surface area contributed by atoms with Crippen molar-refractivity contribution in [2.75, 3.05) is 164 Å². The number of nitrogens with one attached hydrogen (secondary N) is 3. The summed E-state index contributed by atoms with van der Waals surface area (Å²) in [6, 6.07) is 18.5. The maximum atomic E-state index is 5.66. The Balaban J connectivity index is 0.000000144. The number of piperidine rings is 5. The molecule has 14 aliphatic heterocycles. The lowest BCUT2D eigenvalue weighted by atomic mass is 9.77. The Morgan fingerprint density at radius 1 is 0.333 bits per heavy atom. The Hall–Kier alpha value is -2.28. The predicted molar refractivity (Wildman–Crippen MR) is 585 cm³/mol. The van der Waals surface area contributed by atoms with Crippen LogP contribution >= 0.6 is 0 Å². The lowest BCUT2D eigenvalue weighted by Gasteiger charge is -2.41. The minimum atomic E-state index is -0.203. The van der Waals surface area contributed by atoms with E-state index in [1.165, 1.54) is 321 Å². The van der Waals surface area contributed by atoms with Gasteiger partial charge in [0.15, 0.2) is 5.79 Å². The van der Waals surface area contributed by atoms with Crippen LogP contribution in [0.5, 0.6) is 0 Å². The first kappa shape index (κ1) is 116. The van der Waals surface area contributed by atoms with Crippen LogP contribution in [0, 0.1) is 69.5 Å². The second kappa shape index (κ2) is 54.3. The summed E-state index contributed by atoms with van der Waals surface area (Å²) in [5.41, 5.74) is 5.82. The third kappa shape index (κ3) is 33.4. The van der Waals surface area contributed by atoms with Gasteiger partial charge in [-0.2, -0.15) is 0 Å². The van der Waals surface area contributed by atoms with Crippen LogP contribution < -0.4 is 15.2 Å². The Morgan fingerprint density at radius 2 is 0.725 bits per heavy atom. The van der Waals surface area contributed by atoms with Gasteiger partial charge in [-0.1, -0.05) is 77.6 Å². The van der Waals surface area contributed by atoms with Crippen LogP contribution in [0.1, 0.15) is 384 Å². The first-order chi connectivity index (χ1) is 65.0. The summed E-state index contributed by atoms with van der Waals surface area (Å²) in [5.74, 6) is 10.7. The van der Waals surface area contributed by atoms with Gasteiger partial charge in [-0.15, -0.1) is 5.10 Å². The molecule has 1 aromatic heterocycles. The summed E-state index contributed by atoms with van der Waals surface area (Å²) >= 11 is 0. The molecule has 138 heavy (non-hydrogen) atoms. The predicted octanol–water partition coefficient (Wildman–Crippen LogP) is 21.7. The number of rotatable bonds is 12. The molecule has 4 bridgehead atoms. The minimum absolute atomic E-state index is 0. The average Bonchev–Trinajstić information content (AvgIpc) is 1.62. The van der Waals surface area contributed by atoms with Crippen molar-refractivity contribution in [3.8, 4) is 0 Å². The second-order valence-electron chi connectivity index (χ2n) is 52.1. The molecule has 8 aliphatic carbocycles. The molecule has 19 heteroatoms. The molecule has 19 nitrogen and oxygen atoms in total. The van der Waals surface area contributed by atoms with Crippen molar-refractivity contribution in [1.29, 1.82) is 0 Å². The van der Waals surface area contributed by atoms with Gasteiger partial charge in [-0.05, 0) is 402 Å². The summed E-state index contributed by atoms with van der Waals surface area (Å²) < 4.78 is 13.5. The summed E-state index contributed by atoms with van der Waals surface area (Å²) in [4.78, 5) is 31.1. The van der Waals surface area contributed by atoms with Gasteiger partial charge in [0.2, 0.25) is 5.82 Å². The van der Waals surface area contributed by atoms with Gasteiger partial charge in [0.1, 0.15) is 0 Å². The molecule has 1 aromatic carbocycles. The molecule has 12 saturated heterocycles. The van der Waals surface area contributed by atoms with E-state index in [1.54, 1.807) is 0 Å². The third-order valence-corrected chi connectivity index (χ3v) is 38.6. The van der Waals surface area contributed by atoms with Gasteiger partial charge >= 0.3 is 0 Å². The highest BCUT2D eigenvalue weighted by atomic mass is 16.7. The van der Waals surface area contributed by atoms with Crippen LogP contribution in [-0.2, 0) is 35.7 Å². The first-order valence-corrected chi connectivity index (χ1v) is 58.6. The molecule has 15 heterocycles. The van der Waals surface area contributed by atoms with Crippen molar-refractivity contribution >= 4 is 0 Å². The quantitative estimate of drug-likeness (QED) is 0.175. The standard InChI is InChI=1S/C12H23N.C11H15N.C11H21N.C10H19NO2.3C10H19N.2C9H18N2.C9H17N.C8H14N4.C8H15N.2CH4/c1-11(2)13-9-7-12(8-10-13)5-3-4-6-12;1-9(2)12-7-10-5-3-4-6-11(10)8-12;1-10(2)12-8-7-11(9-12)5-3-4-6-11;1-9(2)11-5-3-10(4-6-11)12-7-8-13-10;1-8(2)11-6-9-3-4-10(5-9)7-11;2*1-8(2)11-6-9-4-3-5-10(9)7-11;1-8(2)11-4-3-9(7-11)5-10-6-9;1-8(2)11-6-5-10-9(7-11)3-4-9;1-7(2)10-6-8-3-4-9(10)5-8;1-7(2)11-3-4-12-6-9-10-8(12)5-11;1-6(2)9-4-7-3-8(7)5-9;;/h11H,3-10H2,1-2H3;3-6,9H,7-8H2,1-2H3;10H,3-9H2,1-2H3;9H,3-8H2,1-2H3;3*8-10H,3-7H2,1-2H3;2*8,10H,3-7H2,1-2H3;7-9H,3-6H2,1-2H3;6-7H,3-5H2,1-2H3;6-8H,3-5H2,1-2H3;2*1H4/p+1. The molecular weight excluding hydrogens is 1700 g/mol. The summed E-state index contributed by atoms with van der Waals surface area (Å²) in [5, 5.41) is 14.0. The number of ether oxygens (including phenoxy) is 2. The van der Waals surface area contributed by atoms with E-state index in [0.717, 1.165) is 196 Å². The number of aromatic amines is 1. The van der Waals surface area contributed by atoms with E-state index in [2.05, 4.69) is 275 Å². The van der Waals surface area contributed by atoms with Crippen molar-refractivity contribution in [2.24, 2.45) is 69.5 Å². The van der Waals surface area contributed by atoms with Gasteiger partial charge in [-0.25, -0.2) is 4.57 Å². The topological polar surface area (TPSA) is 114 Å². The molecule has 20 fully saturated rings. The van der Waals surface area contributed by atoms with E-state index in [0.29, 0.717) is 29.1 Å². The zero-order valence-corrected chi connectivity index (χ0v) is 93.2. The van der Waals surface area contributed by atoms with Crippen LogP contribution in [0.4, 0.5) is 0 Å². The highest BCUT2D eigenvalue weighted by molar-refractivity contribution is 5.30. The number of likely N-dealkylation sites (tertiary alicyclic amines) is 9. The maximum absolute atomic E-state index is 5.66. The van der Waals surface area contributed by atoms with Gasteiger partial charge in [0.25, 0.3) is 6.33 Å². The normalized spacial score (nSPS) is 30.6. The van der Waals surface area contributed by atoms with E-state index in [1.807, 2.05) is 6.33 Å². The monoisotopic (exact) mass is 1930 g/mol. The molecule has 798 valence electrons. The van der Waals surface area contributed by atoms with Crippen molar-refractivity contribution < 1.29 is 14.0 Å². The number of H-pyrrole nitrogens is 1. The maximum Gasteiger partial charge on any atom is 0.265 e. The zero-order chi connectivity index (χ0) is 97.2. The number of hydrogen-bond donors (Lipinski definition) is 3. The number of aromatic nitrogens is 3. The number of hydrogen-bond acceptors (Lipinski definition) is 17. The lowest BCUT2D eigenvalue weighted by molar-refractivity contribution is -0.712. The van der Waals surface area contributed by atoms with Crippen molar-refractivity contribution in [3.05, 3.63) is 47.5 Å². The molecular formula is C119H226N17O2+. The van der Waals surface area contributed by atoms with E-state index in [4.69, 9.17) is 9.47 Å². The van der Waals surface area contributed by atoms with E-state index < -0.39 is 0 Å². The largest absolute Gasteiger partial charge is 0.347 e. The fraction of sp³-hybridized carbons (Fsp3) is 0.933. The fourth-order valence-corrected chi connectivity index (χ4v) is 28.1. The van der Waals surface area contributed by atoms with E-state index in [-0.39, 0.29) is 20.6 Å². The molecule has 0 amide bonds. The molecule has 24 rings (SSSR count). The lowest BCUT2D eigenvalue weighted by Crippen LogP contribution is -2.55. The SMILES string of the molecule is C.C.CC(C)N1CC2CC2C1.CC(C)N1CC2CCC(C2)C1.CC(C)N1CC2CCC1C2.CC(C)N1CC2CCCC2C1.CC(C)N1CC2CCCC2C1.CC(C)N1CCC2(CC1)OCCO2.CC(C)N1CCC2(CCCC2)C1.CC(C)N1CCC2(CCCC2)CC1.CC(C)N1CCC2(CNC2)C1.CC(C)N1CCNC2(CC2)C1.CC(C)N1CC[n+]2cn[nH]c2C1.CC(C)N1Cc2ccccc2C1. The fourth-order valence-electron chi connectivity index (χ4n) is 28.1. The highest BCUT2D eigenvalue weighted by Crippen LogP contribution is 2.50. The molecule has 2 aromatic rings. The van der Waals surface area contributed by atoms with E-state index in [9.17, 15) is 0 Å². The number of piperazine rings is 1. The third-order valence-electron chi connectivity index (χ3n) is 38.6. The van der Waals surface area contributed by atoms with Gasteiger partial charge in [-0.3, -0.25) is 19.6 Å². The highest BCUT2D eigenvalue weighted by Gasteiger charge is 2.50. The Kier molecular flexibility index (Phi) is 45.6. The summed E-state index contributed by atoms with van der Waals surface area (Å²) in [6.07, 6.45) is 44.2. The van der Waals surface area contributed by atoms with Crippen LogP contribution in [0.3, 0.4) is 0 Å². The molecule has 8 saturated carbocycles. The number of benzene rings is 1. The van der Waals surface area contributed by atoms with Crippen LogP contribution in [-0.4, -0.2) is 323 Å². The first-order valence-electron chi connectivity index (χ1n) is 58.6. The van der Waals surface area contributed by atoms with Gasteiger partial charge in [0.05, 0.1) is 26.3 Å². The molecule has 3 N–H and O–H groups in total. The Labute approximate surface area is 852 Å². The van der Waals surface area contributed by atoms with Gasteiger partial charge in [0, 0.05) is 245 Å². The van der Waals surface area contributed by atoms with Gasteiger partial charge < -0.3 is 59.3 Å².